The Kier molecular flexibility index (Phi) is 4.62. The molecule has 2 saturated carbocycles. The minimum absolute atomic E-state index is 0.253. The Morgan fingerprint density at radius 2 is 2.16 bits per heavy atom. The Bertz CT molecular complexity index is 1220. The highest BCUT2D eigenvalue weighted by molar-refractivity contribution is 6.00. The maximum absolute atomic E-state index is 13.4. The van der Waals surface area contributed by atoms with E-state index in [1.54, 1.807) is 31.4 Å². The number of aromatic nitrogens is 4. The van der Waals surface area contributed by atoms with Crippen LogP contribution in [0.4, 0.5) is 21.7 Å². The van der Waals surface area contributed by atoms with E-state index in [-0.39, 0.29) is 28.8 Å². The lowest BCUT2D eigenvalue weighted by Crippen LogP contribution is -2.50. The van der Waals surface area contributed by atoms with E-state index in [1.807, 2.05) is 0 Å². The second-order valence-corrected chi connectivity index (χ2v) is 7.87. The summed E-state index contributed by atoms with van der Waals surface area (Å²) in [5, 5.41) is 22.7. The van der Waals surface area contributed by atoms with Gasteiger partial charge in [-0.3, -0.25) is 9.59 Å². The van der Waals surface area contributed by atoms with Crippen molar-refractivity contribution in [2.75, 3.05) is 17.7 Å². The lowest BCUT2D eigenvalue weighted by molar-refractivity contribution is 0.0448. The van der Waals surface area contributed by atoms with E-state index in [9.17, 15) is 19.1 Å². The lowest BCUT2D eigenvalue weighted by Gasteiger charge is -2.32. The van der Waals surface area contributed by atoms with Crippen LogP contribution in [0.3, 0.4) is 0 Å². The molecule has 0 radical (unpaired) electrons. The second-order valence-electron chi connectivity index (χ2n) is 7.87. The fourth-order valence-electron chi connectivity index (χ4n) is 3.71. The van der Waals surface area contributed by atoms with Crippen LogP contribution in [0.1, 0.15) is 35.7 Å². The number of fused-ring (bicyclic) bond motifs is 1. The average Bonchev–Trinajstić information content (AvgIpc) is 3.32. The predicted octanol–water partition coefficient (Wildman–Crippen LogP) is 1.21. The van der Waals surface area contributed by atoms with E-state index in [1.165, 1.54) is 15.3 Å². The molecule has 0 bridgehead atoms. The molecule has 1 amide bonds. The Morgan fingerprint density at radius 3 is 2.81 bits per heavy atom. The SMILES string of the molecule is CNc1cc(Nc2cccn([C@H]3C[C@@H]3F)c2=O)nc2c(C(=O)NC3CC[C@@H]3O)cnn12. The van der Waals surface area contributed by atoms with Crippen LogP contribution in [0, 0.1) is 0 Å². The first kappa shape index (κ1) is 19.5. The molecule has 0 spiro atoms. The van der Waals surface area contributed by atoms with E-state index < -0.39 is 18.3 Å². The van der Waals surface area contributed by atoms with Crippen molar-refractivity contribution in [3.63, 3.8) is 0 Å². The number of nitrogens with one attached hydrogen (secondary N) is 3. The molecule has 4 N–H and O–H groups in total. The quantitative estimate of drug-likeness (QED) is 0.466. The number of nitrogens with zero attached hydrogens (tertiary/aromatic N) is 4. The number of rotatable bonds is 6. The Labute approximate surface area is 176 Å². The summed E-state index contributed by atoms with van der Waals surface area (Å²) in [5.74, 6) is 0.505. The number of alkyl halides is 1. The lowest BCUT2D eigenvalue weighted by atomic mass is 9.89. The van der Waals surface area contributed by atoms with Gasteiger partial charge in [-0.25, -0.2) is 9.37 Å². The number of hydrogen-bond acceptors (Lipinski definition) is 7. The zero-order valence-electron chi connectivity index (χ0n) is 16.7. The van der Waals surface area contributed by atoms with Crippen molar-refractivity contribution in [1.29, 1.82) is 0 Å². The minimum Gasteiger partial charge on any atom is -0.391 e. The highest BCUT2D eigenvalue weighted by atomic mass is 19.1. The molecule has 2 fully saturated rings. The summed E-state index contributed by atoms with van der Waals surface area (Å²) < 4.78 is 16.3. The summed E-state index contributed by atoms with van der Waals surface area (Å²) in [5.41, 5.74) is 0.459. The van der Waals surface area contributed by atoms with Gasteiger partial charge in [0.05, 0.1) is 24.4 Å². The summed E-state index contributed by atoms with van der Waals surface area (Å²) >= 11 is 0. The molecule has 10 nitrogen and oxygen atoms in total. The molecule has 2 aliphatic rings. The largest absolute Gasteiger partial charge is 0.391 e. The predicted molar refractivity (Wildman–Crippen MR) is 112 cm³/mol. The molecule has 162 valence electrons. The first-order valence-corrected chi connectivity index (χ1v) is 10.1. The van der Waals surface area contributed by atoms with Crippen molar-refractivity contribution >= 4 is 28.9 Å². The van der Waals surface area contributed by atoms with Gasteiger partial charge in [-0.1, -0.05) is 0 Å². The van der Waals surface area contributed by atoms with E-state index in [0.717, 1.165) is 6.42 Å². The fraction of sp³-hybridized carbons (Fsp3) is 0.400. The van der Waals surface area contributed by atoms with Crippen LogP contribution in [-0.4, -0.2) is 55.5 Å². The second kappa shape index (κ2) is 7.34. The molecule has 2 aliphatic carbocycles. The molecule has 0 saturated heterocycles. The van der Waals surface area contributed by atoms with Crippen molar-refractivity contribution in [3.8, 4) is 0 Å². The van der Waals surface area contributed by atoms with Gasteiger partial charge in [0, 0.05) is 25.7 Å². The minimum atomic E-state index is -1.000. The number of aliphatic hydroxyl groups excluding tert-OH is 1. The third-order valence-corrected chi connectivity index (χ3v) is 5.80. The van der Waals surface area contributed by atoms with Crippen molar-refractivity contribution in [1.82, 2.24) is 24.5 Å². The van der Waals surface area contributed by atoms with Gasteiger partial charge in [0.1, 0.15) is 29.1 Å². The first-order chi connectivity index (χ1) is 15.0. The van der Waals surface area contributed by atoms with Crippen LogP contribution in [0.5, 0.6) is 0 Å². The Balaban J connectivity index is 1.48. The highest BCUT2D eigenvalue weighted by Gasteiger charge is 2.39. The maximum Gasteiger partial charge on any atom is 0.274 e. The number of anilines is 3. The number of aliphatic hydroxyl groups is 1. The van der Waals surface area contributed by atoms with Crippen molar-refractivity contribution in [3.05, 3.63) is 46.5 Å². The highest BCUT2D eigenvalue weighted by Crippen LogP contribution is 2.37. The first-order valence-electron chi connectivity index (χ1n) is 10.1. The molecule has 3 heterocycles. The molecule has 4 atom stereocenters. The summed E-state index contributed by atoms with van der Waals surface area (Å²) in [4.78, 5) is 29.9. The number of carbonyl (C=O) groups is 1. The van der Waals surface area contributed by atoms with Crippen LogP contribution < -0.4 is 21.5 Å². The van der Waals surface area contributed by atoms with Gasteiger partial charge in [-0.05, 0) is 25.0 Å². The van der Waals surface area contributed by atoms with Gasteiger partial charge in [0.15, 0.2) is 5.65 Å². The molecule has 31 heavy (non-hydrogen) atoms. The van der Waals surface area contributed by atoms with Crippen molar-refractivity contribution < 1.29 is 14.3 Å². The summed E-state index contributed by atoms with van der Waals surface area (Å²) in [6.45, 7) is 0. The normalized spacial score (nSPS) is 24.5. The van der Waals surface area contributed by atoms with Gasteiger partial charge in [0.2, 0.25) is 0 Å². The molecular weight excluding hydrogens is 405 g/mol. The molecule has 11 heteroatoms. The number of amides is 1. The summed E-state index contributed by atoms with van der Waals surface area (Å²) in [6.07, 6.45) is 3.16. The zero-order valence-corrected chi connectivity index (χ0v) is 16.7. The van der Waals surface area contributed by atoms with Crippen LogP contribution in [0.2, 0.25) is 0 Å². The number of pyridine rings is 1. The summed E-state index contributed by atoms with van der Waals surface area (Å²) in [7, 11) is 1.70. The monoisotopic (exact) mass is 427 g/mol. The van der Waals surface area contributed by atoms with Crippen molar-refractivity contribution in [2.24, 2.45) is 0 Å². The molecule has 3 aromatic heterocycles. The van der Waals surface area contributed by atoms with E-state index >= 15 is 0 Å². The van der Waals surface area contributed by atoms with E-state index in [4.69, 9.17) is 0 Å². The topological polar surface area (TPSA) is 126 Å². The van der Waals surface area contributed by atoms with Crippen molar-refractivity contribution in [2.45, 2.75) is 43.6 Å². The average molecular weight is 427 g/mol. The molecule has 3 aromatic rings. The van der Waals surface area contributed by atoms with Crippen LogP contribution in [-0.2, 0) is 0 Å². The molecule has 0 aliphatic heterocycles. The van der Waals surface area contributed by atoms with Gasteiger partial charge >= 0.3 is 0 Å². The van der Waals surface area contributed by atoms with Crippen LogP contribution in [0.15, 0.2) is 35.4 Å². The third-order valence-electron chi connectivity index (χ3n) is 5.80. The number of carbonyl (C=O) groups excluding carboxylic acids is 1. The Hall–Kier alpha value is -3.47. The molecule has 1 unspecified atom stereocenters. The molecule has 0 aromatic carbocycles. The zero-order chi connectivity index (χ0) is 21.7. The van der Waals surface area contributed by atoms with Gasteiger partial charge < -0.3 is 25.6 Å². The standard InChI is InChI=1S/C20H22FN7O3/c1-22-17-8-16(24-13-3-2-6-27(20(13)31)14-7-11(14)21)26-18-10(9-23-28(17)18)19(30)25-12-4-5-15(12)29/h2-3,6,8-9,11-12,14-15,22,29H,4-5,7H2,1H3,(H,24,26)(H,25,30)/t11-,12?,14-,15-/m0/s1. The van der Waals surface area contributed by atoms with Gasteiger partial charge in [0.25, 0.3) is 11.5 Å². The summed E-state index contributed by atoms with van der Waals surface area (Å²) in [6, 6.07) is 4.22. The van der Waals surface area contributed by atoms with Crippen LogP contribution >= 0.6 is 0 Å². The van der Waals surface area contributed by atoms with Crippen LogP contribution in [0.25, 0.3) is 5.65 Å². The number of halogens is 1. The smallest absolute Gasteiger partial charge is 0.274 e. The van der Waals surface area contributed by atoms with Gasteiger partial charge in [-0.15, -0.1) is 0 Å². The number of hydrogen-bond donors (Lipinski definition) is 4. The van der Waals surface area contributed by atoms with E-state index in [2.05, 4.69) is 26.0 Å². The molecular formula is C20H22FN7O3. The Morgan fingerprint density at radius 1 is 1.35 bits per heavy atom. The van der Waals surface area contributed by atoms with E-state index in [0.29, 0.717) is 30.1 Å². The molecule has 5 rings (SSSR count). The maximum atomic E-state index is 13.4. The fourth-order valence-corrected chi connectivity index (χ4v) is 3.71. The third kappa shape index (κ3) is 3.40. The van der Waals surface area contributed by atoms with Gasteiger partial charge in [-0.2, -0.15) is 9.61 Å².